The van der Waals surface area contributed by atoms with E-state index in [1.165, 1.54) is 30.9 Å². The van der Waals surface area contributed by atoms with Gasteiger partial charge in [0.15, 0.2) is 11.5 Å². The molecule has 1 amide bonds. The zero-order valence-corrected chi connectivity index (χ0v) is 15.7. The first-order valence-electron chi connectivity index (χ1n) is 7.84. The van der Waals surface area contributed by atoms with Gasteiger partial charge < -0.3 is 14.8 Å². The minimum Gasteiger partial charge on any atom is -0.486 e. The van der Waals surface area contributed by atoms with E-state index in [0.29, 0.717) is 30.4 Å². The molecule has 3 rings (SSSR count). The highest BCUT2D eigenvalue weighted by Gasteiger charge is 2.13. The lowest BCUT2D eigenvalue weighted by Crippen LogP contribution is -2.18. The zero-order chi connectivity index (χ0) is 18.6. The summed E-state index contributed by atoms with van der Waals surface area (Å²) >= 11 is 1.38. The smallest absolute Gasteiger partial charge is 0.240 e. The van der Waals surface area contributed by atoms with Gasteiger partial charge in [0.25, 0.3) is 0 Å². The van der Waals surface area contributed by atoms with Crippen LogP contribution in [0.5, 0.6) is 11.5 Å². The summed E-state index contributed by atoms with van der Waals surface area (Å²) in [5.74, 6) is 1.43. The maximum Gasteiger partial charge on any atom is 0.240 e. The quantitative estimate of drug-likeness (QED) is 0.729. The molecule has 0 atom stereocenters. The topological polar surface area (TPSA) is 93.7 Å². The molecule has 26 heavy (non-hydrogen) atoms. The minimum atomic E-state index is -3.49. The molecule has 0 saturated carbocycles. The Bertz CT molecular complexity index is 898. The lowest BCUT2D eigenvalue weighted by Gasteiger charge is -2.18. The molecule has 9 heteroatoms. The van der Waals surface area contributed by atoms with Crippen LogP contribution in [0.25, 0.3) is 0 Å². The van der Waals surface area contributed by atoms with Crippen molar-refractivity contribution in [1.82, 2.24) is 4.72 Å². The average molecular weight is 394 g/mol. The molecule has 0 spiro atoms. The Labute approximate surface area is 156 Å². The molecule has 1 heterocycles. The summed E-state index contributed by atoms with van der Waals surface area (Å²) in [5.41, 5.74) is 0.535. The summed E-state index contributed by atoms with van der Waals surface area (Å²) in [5, 5.41) is 2.74. The molecule has 7 nitrogen and oxygen atoms in total. The van der Waals surface area contributed by atoms with Crippen LogP contribution in [0, 0.1) is 0 Å². The van der Waals surface area contributed by atoms with Gasteiger partial charge in [-0.3, -0.25) is 4.79 Å². The van der Waals surface area contributed by atoms with Crippen molar-refractivity contribution in [1.29, 1.82) is 0 Å². The molecule has 2 N–H and O–H groups in total. The second-order valence-electron chi connectivity index (χ2n) is 5.37. The summed E-state index contributed by atoms with van der Waals surface area (Å²) < 4.78 is 36.6. The summed E-state index contributed by atoms with van der Waals surface area (Å²) in [6.07, 6.45) is 0. The summed E-state index contributed by atoms with van der Waals surface area (Å²) in [7, 11) is -2.14. The van der Waals surface area contributed by atoms with Gasteiger partial charge in [-0.2, -0.15) is 0 Å². The van der Waals surface area contributed by atoms with Gasteiger partial charge >= 0.3 is 0 Å². The standard InChI is InChI=1S/C17H18N2O5S2/c1-18-26(21,22)14-5-2-12(3-6-14)19-17(20)11-25-13-4-7-15-16(10-13)24-9-8-23-15/h2-7,10,18H,8-9,11H2,1H3,(H,19,20). The molecule has 0 aliphatic carbocycles. The van der Waals surface area contributed by atoms with E-state index in [1.54, 1.807) is 12.1 Å². The van der Waals surface area contributed by atoms with Crippen molar-refractivity contribution < 1.29 is 22.7 Å². The highest BCUT2D eigenvalue weighted by Crippen LogP contribution is 2.34. The normalized spacial score (nSPS) is 13.3. The maximum absolute atomic E-state index is 12.1. The second kappa shape index (κ2) is 7.98. The third kappa shape index (κ3) is 4.48. The first-order chi connectivity index (χ1) is 12.5. The molecular weight excluding hydrogens is 376 g/mol. The molecule has 0 radical (unpaired) electrons. The number of hydrogen-bond acceptors (Lipinski definition) is 6. The summed E-state index contributed by atoms with van der Waals surface area (Å²) in [4.78, 5) is 13.1. The number of rotatable bonds is 6. The molecule has 2 aromatic rings. The Kier molecular flexibility index (Phi) is 5.70. The van der Waals surface area contributed by atoms with Crippen LogP contribution in [-0.2, 0) is 14.8 Å². The number of ether oxygens (including phenoxy) is 2. The van der Waals surface area contributed by atoms with E-state index < -0.39 is 10.0 Å². The van der Waals surface area contributed by atoms with Gasteiger partial charge in [0.1, 0.15) is 13.2 Å². The molecule has 2 aromatic carbocycles. The van der Waals surface area contributed by atoms with Crippen molar-refractivity contribution in [3.63, 3.8) is 0 Å². The first-order valence-corrected chi connectivity index (χ1v) is 10.3. The predicted molar refractivity (Wildman–Crippen MR) is 99.5 cm³/mol. The third-order valence-electron chi connectivity index (χ3n) is 3.60. The van der Waals surface area contributed by atoms with E-state index in [1.807, 2.05) is 18.2 Å². The molecular formula is C17H18N2O5S2. The van der Waals surface area contributed by atoms with Gasteiger partial charge in [-0.15, -0.1) is 11.8 Å². The first kappa shape index (κ1) is 18.6. The van der Waals surface area contributed by atoms with Crippen LogP contribution in [-0.4, -0.2) is 40.3 Å². The number of amides is 1. The predicted octanol–water partition coefficient (Wildman–Crippen LogP) is 2.10. The molecule has 0 unspecified atom stereocenters. The highest BCUT2D eigenvalue weighted by atomic mass is 32.2. The summed E-state index contributed by atoms with van der Waals surface area (Å²) in [6.45, 7) is 1.05. The van der Waals surface area contributed by atoms with Crippen molar-refractivity contribution in [2.24, 2.45) is 0 Å². The Morgan fingerprint density at radius 1 is 1.08 bits per heavy atom. The van der Waals surface area contributed by atoms with Crippen LogP contribution in [0.15, 0.2) is 52.3 Å². The number of nitrogens with one attached hydrogen (secondary N) is 2. The number of hydrogen-bond donors (Lipinski definition) is 2. The van der Waals surface area contributed by atoms with Crippen molar-refractivity contribution in [3.8, 4) is 11.5 Å². The number of sulfonamides is 1. The number of carbonyl (C=O) groups is 1. The van der Waals surface area contributed by atoms with E-state index in [9.17, 15) is 13.2 Å². The van der Waals surface area contributed by atoms with Crippen LogP contribution in [0.4, 0.5) is 5.69 Å². The second-order valence-corrected chi connectivity index (χ2v) is 8.31. The SMILES string of the molecule is CNS(=O)(=O)c1ccc(NC(=O)CSc2ccc3c(c2)OCCO3)cc1. The van der Waals surface area contributed by atoms with Crippen molar-refractivity contribution >= 4 is 33.4 Å². The van der Waals surface area contributed by atoms with Gasteiger partial charge in [0.2, 0.25) is 15.9 Å². The van der Waals surface area contributed by atoms with Crippen LogP contribution in [0.3, 0.4) is 0 Å². The Morgan fingerprint density at radius 3 is 2.46 bits per heavy atom. The van der Waals surface area contributed by atoms with Crippen LogP contribution < -0.4 is 19.5 Å². The average Bonchev–Trinajstić information content (AvgIpc) is 2.66. The van der Waals surface area contributed by atoms with E-state index in [4.69, 9.17) is 9.47 Å². The number of carbonyl (C=O) groups excluding carboxylic acids is 1. The van der Waals surface area contributed by atoms with Gasteiger partial charge in [0.05, 0.1) is 10.6 Å². The molecule has 138 valence electrons. The molecule has 0 fully saturated rings. The van der Waals surface area contributed by atoms with Crippen LogP contribution in [0.2, 0.25) is 0 Å². The fourth-order valence-electron chi connectivity index (χ4n) is 2.29. The Balaban J connectivity index is 1.56. The maximum atomic E-state index is 12.1. The monoisotopic (exact) mass is 394 g/mol. The van der Waals surface area contributed by atoms with Gasteiger partial charge in [-0.25, -0.2) is 13.1 Å². The van der Waals surface area contributed by atoms with Crippen LogP contribution >= 0.6 is 11.8 Å². The third-order valence-corrected chi connectivity index (χ3v) is 6.02. The number of anilines is 1. The lowest BCUT2D eigenvalue weighted by atomic mass is 10.3. The van der Waals surface area contributed by atoms with Crippen LogP contribution in [0.1, 0.15) is 0 Å². The van der Waals surface area contributed by atoms with E-state index in [-0.39, 0.29) is 16.6 Å². The zero-order valence-electron chi connectivity index (χ0n) is 14.0. The highest BCUT2D eigenvalue weighted by molar-refractivity contribution is 8.00. The minimum absolute atomic E-state index is 0.142. The largest absolute Gasteiger partial charge is 0.486 e. The fraction of sp³-hybridized carbons (Fsp3) is 0.235. The van der Waals surface area contributed by atoms with Gasteiger partial charge in [-0.05, 0) is 49.5 Å². The summed E-state index contributed by atoms with van der Waals surface area (Å²) in [6, 6.07) is 11.5. The Morgan fingerprint density at radius 2 is 1.77 bits per heavy atom. The number of fused-ring (bicyclic) bond motifs is 1. The molecule has 1 aliphatic heterocycles. The number of thioether (sulfide) groups is 1. The van der Waals surface area contributed by atoms with E-state index in [0.717, 1.165) is 4.90 Å². The number of benzene rings is 2. The Hall–Kier alpha value is -2.23. The van der Waals surface area contributed by atoms with Crippen molar-refractivity contribution in [2.45, 2.75) is 9.79 Å². The van der Waals surface area contributed by atoms with E-state index >= 15 is 0 Å². The van der Waals surface area contributed by atoms with Crippen molar-refractivity contribution in [3.05, 3.63) is 42.5 Å². The van der Waals surface area contributed by atoms with Gasteiger partial charge in [0, 0.05) is 10.6 Å². The molecule has 0 saturated heterocycles. The fourth-order valence-corrected chi connectivity index (χ4v) is 3.75. The molecule has 1 aliphatic rings. The molecule has 0 bridgehead atoms. The van der Waals surface area contributed by atoms with Gasteiger partial charge in [-0.1, -0.05) is 0 Å². The lowest BCUT2D eigenvalue weighted by molar-refractivity contribution is -0.113. The van der Waals surface area contributed by atoms with Crippen molar-refractivity contribution in [2.75, 3.05) is 31.3 Å². The molecule has 0 aromatic heterocycles. The van der Waals surface area contributed by atoms with E-state index in [2.05, 4.69) is 10.0 Å².